The van der Waals surface area contributed by atoms with Crippen molar-refractivity contribution in [3.8, 4) is 11.8 Å². The van der Waals surface area contributed by atoms with Gasteiger partial charge in [0, 0.05) is 5.56 Å². The van der Waals surface area contributed by atoms with Gasteiger partial charge in [-0.3, -0.25) is 4.79 Å². The van der Waals surface area contributed by atoms with E-state index in [4.69, 9.17) is 10.00 Å². The summed E-state index contributed by atoms with van der Waals surface area (Å²) in [5.74, 6) is -1.06. The first-order chi connectivity index (χ1) is 9.53. The second-order valence-electron chi connectivity index (χ2n) is 3.71. The zero-order chi connectivity index (χ0) is 15.1. The molecule has 0 radical (unpaired) electrons. The van der Waals surface area contributed by atoms with Crippen LogP contribution in [0.2, 0.25) is 0 Å². The second kappa shape index (κ2) is 7.40. The topological polar surface area (TPSA) is 79.5 Å². The smallest absolute Gasteiger partial charge is 0.387 e. The minimum absolute atomic E-state index is 0.0327. The van der Waals surface area contributed by atoms with Gasteiger partial charge in [-0.2, -0.15) is 14.0 Å². The third-order valence-corrected chi connectivity index (χ3v) is 2.48. The number of esters is 1. The highest BCUT2D eigenvalue weighted by Crippen LogP contribution is 2.29. The molecule has 1 rings (SSSR count). The molecule has 1 aromatic carbocycles. The molecule has 7 heteroatoms. The Balaban J connectivity index is 3.27. The summed E-state index contributed by atoms with van der Waals surface area (Å²) >= 11 is 0. The number of hydrogen-bond acceptors (Lipinski definition) is 5. The number of benzene rings is 1. The molecule has 0 spiro atoms. The fourth-order valence-corrected chi connectivity index (χ4v) is 1.68. The third-order valence-electron chi connectivity index (χ3n) is 2.48. The van der Waals surface area contributed by atoms with Gasteiger partial charge in [0.2, 0.25) is 0 Å². The van der Waals surface area contributed by atoms with E-state index in [-0.39, 0.29) is 29.7 Å². The van der Waals surface area contributed by atoms with E-state index in [2.05, 4.69) is 4.74 Å². The van der Waals surface area contributed by atoms with Crippen molar-refractivity contribution in [1.82, 2.24) is 0 Å². The van der Waals surface area contributed by atoms with Crippen LogP contribution in [-0.2, 0) is 22.6 Å². The van der Waals surface area contributed by atoms with E-state index < -0.39 is 24.9 Å². The fraction of sp³-hybridized carbons (Fsp3) is 0.385. The lowest BCUT2D eigenvalue weighted by molar-refractivity contribution is -0.142. The molecule has 5 nitrogen and oxygen atoms in total. The zero-order valence-corrected chi connectivity index (χ0v) is 10.7. The highest BCUT2D eigenvalue weighted by Gasteiger charge is 2.20. The van der Waals surface area contributed by atoms with E-state index in [1.165, 1.54) is 12.1 Å². The lowest BCUT2D eigenvalue weighted by atomic mass is 10.00. The molecule has 1 N–H and O–H groups in total. The summed E-state index contributed by atoms with van der Waals surface area (Å²) in [7, 11) is 0. The Morgan fingerprint density at radius 1 is 1.50 bits per heavy atom. The maximum Gasteiger partial charge on any atom is 0.387 e. The van der Waals surface area contributed by atoms with Gasteiger partial charge in [-0.05, 0) is 18.6 Å². The van der Waals surface area contributed by atoms with Crippen LogP contribution in [-0.4, -0.2) is 24.3 Å². The quantitative estimate of drug-likeness (QED) is 0.806. The van der Waals surface area contributed by atoms with Gasteiger partial charge in [0.15, 0.2) is 0 Å². The monoisotopic (exact) mass is 285 g/mol. The zero-order valence-electron chi connectivity index (χ0n) is 10.7. The predicted octanol–water partition coefficient (Wildman–Crippen LogP) is 1.76. The van der Waals surface area contributed by atoms with E-state index in [0.29, 0.717) is 0 Å². The Bertz CT molecular complexity index is 526. The number of carbonyl (C=O) groups excluding carboxylic acids is 1. The van der Waals surface area contributed by atoms with Crippen LogP contribution in [0.4, 0.5) is 8.78 Å². The summed E-state index contributed by atoms with van der Waals surface area (Å²) in [6, 6.07) is 4.33. The molecule has 0 aliphatic heterocycles. The Hall–Kier alpha value is -2.20. The number of alkyl halides is 2. The van der Waals surface area contributed by atoms with Crippen molar-refractivity contribution in [3.05, 3.63) is 28.8 Å². The Morgan fingerprint density at radius 3 is 2.70 bits per heavy atom. The largest absolute Gasteiger partial charge is 0.466 e. The first-order valence-electron chi connectivity index (χ1n) is 5.79. The molecule has 0 unspecified atom stereocenters. The molecular weight excluding hydrogens is 272 g/mol. The molecule has 0 heterocycles. The van der Waals surface area contributed by atoms with Gasteiger partial charge in [-0.1, -0.05) is 6.07 Å². The van der Waals surface area contributed by atoms with Gasteiger partial charge in [0.05, 0.1) is 25.2 Å². The number of nitriles is 1. The first-order valence-corrected chi connectivity index (χ1v) is 5.79. The number of aliphatic hydroxyl groups is 1. The lowest BCUT2D eigenvalue weighted by Crippen LogP contribution is -2.14. The molecule has 20 heavy (non-hydrogen) atoms. The van der Waals surface area contributed by atoms with Crippen LogP contribution >= 0.6 is 0 Å². The maximum absolute atomic E-state index is 12.4. The average Bonchev–Trinajstić information content (AvgIpc) is 2.40. The van der Waals surface area contributed by atoms with Gasteiger partial charge < -0.3 is 14.6 Å². The van der Waals surface area contributed by atoms with Crippen LogP contribution in [0.3, 0.4) is 0 Å². The van der Waals surface area contributed by atoms with Gasteiger partial charge in [-0.25, -0.2) is 0 Å². The standard InChI is InChI=1S/C13H13F2NO4/c1-2-19-11(18)5-10-9(7-17)4-3-8(6-16)12(10)20-13(14)15/h3-4,13,17H,2,5,7H2,1H3. The van der Waals surface area contributed by atoms with Crippen LogP contribution < -0.4 is 4.74 Å². The van der Waals surface area contributed by atoms with Crippen LogP contribution in [0.1, 0.15) is 23.6 Å². The highest BCUT2D eigenvalue weighted by atomic mass is 19.3. The second-order valence-corrected chi connectivity index (χ2v) is 3.71. The predicted molar refractivity (Wildman–Crippen MR) is 64.0 cm³/mol. The number of aliphatic hydroxyl groups excluding tert-OH is 1. The van der Waals surface area contributed by atoms with Crippen molar-refractivity contribution in [3.63, 3.8) is 0 Å². The first kappa shape index (κ1) is 15.9. The molecule has 0 bridgehead atoms. The van der Waals surface area contributed by atoms with E-state index in [1.54, 1.807) is 13.0 Å². The van der Waals surface area contributed by atoms with Crippen molar-refractivity contribution >= 4 is 5.97 Å². The molecular formula is C13H13F2NO4. The lowest BCUT2D eigenvalue weighted by Gasteiger charge is -2.15. The maximum atomic E-state index is 12.4. The summed E-state index contributed by atoms with van der Waals surface area (Å²) in [6.07, 6.45) is -0.360. The number of ether oxygens (including phenoxy) is 2. The number of halogens is 2. The van der Waals surface area contributed by atoms with Crippen molar-refractivity contribution in [2.45, 2.75) is 26.6 Å². The molecule has 0 amide bonds. The van der Waals surface area contributed by atoms with Crippen LogP contribution in [0.15, 0.2) is 12.1 Å². The minimum atomic E-state index is -3.14. The van der Waals surface area contributed by atoms with E-state index in [0.717, 1.165) is 0 Å². The van der Waals surface area contributed by atoms with Crippen molar-refractivity contribution in [2.75, 3.05) is 6.61 Å². The molecule has 0 saturated carbocycles. The summed E-state index contributed by atoms with van der Waals surface area (Å²) < 4.78 is 33.9. The van der Waals surface area contributed by atoms with Crippen LogP contribution in [0.25, 0.3) is 0 Å². The molecule has 0 aliphatic rings. The Labute approximate surface area is 114 Å². The van der Waals surface area contributed by atoms with E-state index in [1.807, 2.05) is 0 Å². The van der Waals surface area contributed by atoms with Gasteiger partial charge >= 0.3 is 12.6 Å². The molecule has 0 fully saturated rings. The Morgan fingerprint density at radius 2 is 2.20 bits per heavy atom. The molecule has 1 aromatic rings. The van der Waals surface area contributed by atoms with Crippen LogP contribution in [0, 0.1) is 11.3 Å². The number of rotatable bonds is 6. The minimum Gasteiger partial charge on any atom is -0.466 e. The number of hydrogen-bond donors (Lipinski definition) is 1. The SMILES string of the molecule is CCOC(=O)Cc1c(CO)ccc(C#N)c1OC(F)F. The summed E-state index contributed by atoms with van der Waals surface area (Å²) in [5.41, 5.74) is 0.125. The molecule has 0 saturated heterocycles. The normalized spacial score (nSPS) is 10.2. The molecule has 0 aliphatic carbocycles. The van der Waals surface area contributed by atoms with Gasteiger partial charge in [-0.15, -0.1) is 0 Å². The molecule has 0 atom stereocenters. The van der Waals surface area contributed by atoms with Crippen molar-refractivity contribution in [2.24, 2.45) is 0 Å². The summed E-state index contributed by atoms with van der Waals surface area (Å²) in [6.45, 7) is -1.87. The van der Waals surface area contributed by atoms with Crippen molar-refractivity contribution < 1.29 is 28.2 Å². The van der Waals surface area contributed by atoms with E-state index >= 15 is 0 Å². The number of nitrogens with zero attached hydrogens (tertiary/aromatic N) is 1. The number of carbonyl (C=O) groups is 1. The van der Waals surface area contributed by atoms with Crippen molar-refractivity contribution in [1.29, 1.82) is 5.26 Å². The summed E-state index contributed by atoms with van der Waals surface area (Å²) in [4.78, 5) is 11.5. The molecule has 0 aromatic heterocycles. The fourth-order valence-electron chi connectivity index (χ4n) is 1.68. The van der Waals surface area contributed by atoms with Gasteiger partial charge in [0.1, 0.15) is 11.8 Å². The molecule has 108 valence electrons. The van der Waals surface area contributed by atoms with Crippen LogP contribution in [0.5, 0.6) is 5.75 Å². The highest BCUT2D eigenvalue weighted by molar-refractivity contribution is 5.75. The third kappa shape index (κ3) is 3.90. The average molecular weight is 285 g/mol. The Kier molecular flexibility index (Phi) is 5.87. The van der Waals surface area contributed by atoms with E-state index in [9.17, 15) is 18.7 Å². The summed E-state index contributed by atoms with van der Waals surface area (Å²) in [5, 5.41) is 18.1. The van der Waals surface area contributed by atoms with Gasteiger partial charge in [0.25, 0.3) is 0 Å².